The molecule has 2 aliphatic rings. The van der Waals surface area contributed by atoms with E-state index >= 15 is 0 Å². The molecule has 2 saturated heterocycles. The summed E-state index contributed by atoms with van der Waals surface area (Å²) in [6, 6.07) is 6.05. The third kappa shape index (κ3) is 4.45. The molecule has 1 aromatic rings. The fourth-order valence-corrected chi connectivity index (χ4v) is 3.50. The van der Waals surface area contributed by atoms with Crippen LogP contribution in [-0.2, 0) is 4.79 Å². The van der Waals surface area contributed by atoms with Gasteiger partial charge in [-0.05, 0) is 37.7 Å². The number of hydrogen-bond donors (Lipinski definition) is 2. The lowest BCUT2D eigenvalue weighted by molar-refractivity contribution is -0.134. The van der Waals surface area contributed by atoms with Crippen LogP contribution in [0.1, 0.15) is 39.0 Å². The third-order valence-electron chi connectivity index (χ3n) is 4.95. The van der Waals surface area contributed by atoms with Gasteiger partial charge in [0.2, 0.25) is 11.8 Å². The molecule has 3 heterocycles. The van der Waals surface area contributed by atoms with Crippen LogP contribution in [0.2, 0.25) is 0 Å². The number of nitrogens with zero attached hydrogens (tertiary/aromatic N) is 2. The lowest BCUT2D eigenvalue weighted by atomic mass is 9.96. The van der Waals surface area contributed by atoms with Gasteiger partial charge in [0.1, 0.15) is 6.04 Å². The van der Waals surface area contributed by atoms with E-state index in [1.54, 1.807) is 6.20 Å². The summed E-state index contributed by atoms with van der Waals surface area (Å²) >= 11 is 0. The summed E-state index contributed by atoms with van der Waals surface area (Å²) in [7, 11) is 0. The number of hydrogen-bond acceptors (Lipinski definition) is 5. The van der Waals surface area contributed by atoms with Gasteiger partial charge in [-0.15, -0.1) is 0 Å². The van der Waals surface area contributed by atoms with E-state index in [4.69, 9.17) is 4.74 Å². The first-order chi connectivity index (χ1) is 11.8. The zero-order valence-corrected chi connectivity index (χ0v) is 14.4. The van der Waals surface area contributed by atoms with Crippen molar-refractivity contribution in [1.82, 2.24) is 20.7 Å². The van der Waals surface area contributed by atoms with Gasteiger partial charge in [-0.1, -0.05) is 19.4 Å². The Balaban J connectivity index is 1.39. The van der Waals surface area contributed by atoms with Crippen LogP contribution in [0.15, 0.2) is 24.4 Å². The predicted molar refractivity (Wildman–Crippen MR) is 92.4 cm³/mol. The molecule has 0 radical (unpaired) electrons. The van der Waals surface area contributed by atoms with Gasteiger partial charge in [0.05, 0.1) is 6.61 Å². The minimum atomic E-state index is -0.0668. The molecule has 6 nitrogen and oxygen atoms in total. The van der Waals surface area contributed by atoms with Gasteiger partial charge in [0.15, 0.2) is 0 Å². The van der Waals surface area contributed by atoms with Crippen molar-refractivity contribution in [2.45, 2.75) is 51.1 Å². The Morgan fingerprint density at radius 1 is 1.33 bits per heavy atom. The second-order valence-electron chi connectivity index (χ2n) is 6.81. The highest BCUT2D eigenvalue weighted by Crippen LogP contribution is 2.21. The summed E-state index contributed by atoms with van der Waals surface area (Å²) < 4.78 is 5.75. The van der Waals surface area contributed by atoms with Crippen LogP contribution in [0.25, 0.3) is 0 Å². The zero-order valence-electron chi connectivity index (χ0n) is 14.4. The predicted octanol–water partition coefficient (Wildman–Crippen LogP) is 1.73. The molecule has 3 rings (SSSR count). The second-order valence-corrected chi connectivity index (χ2v) is 6.81. The molecular weight excluding hydrogens is 304 g/mol. The first kappa shape index (κ1) is 17.2. The highest BCUT2D eigenvalue weighted by Gasteiger charge is 2.33. The van der Waals surface area contributed by atoms with Crippen LogP contribution in [-0.4, -0.2) is 47.6 Å². The SMILES string of the molecule is CCCC1CC(C(=O)N2CCC(COc3ccccn3)CC2)NN1. The molecule has 0 aliphatic carbocycles. The van der Waals surface area contributed by atoms with E-state index in [1.165, 1.54) is 0 Å². The molecular formula is C18H28N4O2. The molecule has 0 saturated carbocycles. The molecule has 2 N–H and O–H groups in total. The number of carbonyl (C=O) groups is 1. The molecule has 0 aromatic carbocycles. The van der Waals surface area contributed by atoms with Crippen LogP contribution < -0.4 is 15.6 Å². The third-order valence-corrected chi connectivity index (χ3v) is 4.95. The fraction of sp³-hybridized carbons (Fsp3) is 0.667. The number of ether oxygens (including phenoxy) is 1. The maximum Gasteiger partial charge on any atom is 0.241 e. The molecule has 1 amide bonds. The number of piperidine rings is 1. The molecule has 132 valence electrons. The van der Waals surface area contributed by atoms with Crippen LogP contribution in [0, 0.1) is 5.92 Å². The smallest absolute Gasteiger partial charge is 0.241 e. The van der Waals surface area contributed by atoms with Crippen molar-refractivity contribution in [2.75, 3.05) is 19.7 Å². The van der Waals surface area contributed by atoms with Gasteiger partial charge in [0.25, 0.3) is 0 Å². The zero-order chi connectivity index (χ0) is 16.8. The van der Waals surface area contributed by atoms with E-state index in [0.717, 1.165) is 45.2 Å². The number of carbonyl (C=O) groups excluding carboxylic acids is 1. The number of nitrogens with one attached hydrogen (secondary N) is 2. The minimum absolute atomic E-state index is 0.0668. The van der Waals surface area contributed by atoms with Crippen molar-refractivity contribution in [2.24, 2.45) is 5.92 Å². The highest BCUT2D eigenvalue weighted by molar-refractivity contribution is 5.82. The summed E-state index contributed by atoms with van der Waals surface area (Å²) in [5.74, 6) is 1.42. The summed E-state index contributed by atoms with van der Waals surface area (Å²) in [4.78, 5) is 18.8. The standard InChI is InChI=1S/C18H28N4O2/c1-2-5-15-12-16(21-20-15)18(23)22-10-7-14(8-11-22)13-24-17-6-3-4-9-19-17/h3-4,6,9,14-16,20-21H,2,5,7-8,10-13H2,1H3. The lowest BCUT2D eigenvalue weighted by Crippen LogP contribution is -2.48. The van der Waals surface area contributed by atoms with E-state index < -0.39 is 0 Å². The summed E-state index contributed by atoms with van der Waals surface area (Å²) in [6.07, 6.45) is 6.89. The lowest BCUT2D eigenvalue weighted by Gasteiger charge is -2.33. The van der Waals surface area contributed by atoms with Gasteiger partial charge in [-0.25, -0.2) is 10.4 Å². The monoisotopic (exact) mass is 332 g/mol. The molecule has 24 heavy (non-hydrogen) atoms. The van der Waals surface area contributed by atoms with Crippen LogP contribution in [0.3, 0.4) is 0 Å². The number of likely N-dealkylation sites (tertiary alicyclic amines) is 1. The largest absolute Gasteiger partial charge is 0.477 e. The first-order valence-corrected chi connectivity index (χ1v) is 9.10. The average molecular weight is 332 g/mol. The van der Waals surface area contributed by atoms with Gasteiger partial charge >= 0.3 is 0 Å². The maximum absolute atomic E-state index is 12.6. The molecule has 2 unspecified atom stereocenters. The Morgan fingerprint density at radius 3 is 2.88 bits per heavy atom. The van der Waals surface area contributed by atoms with Gasteiger partial charge in [0, 0.05) is 31.4 Å². The Kier molecular flexibility index (Phi) is 6.04. The van der Waals surface area contributed by atoms with Crippen LogP contribution in [0.5, 0.6) is 5.88 Å². The molecule has 2 fully saturated rings. The Labute approximate surface area is 143 Å². The normalized spacial score (nSPS) is 25.0. The van der Waals surface area contributed by atoms with Gasteiger partial charge in [-0.2, -0.15) is 0 Å². The highest BCUT2D eigenvalue weighted by atomic mass is 16.5. The molecule has 1 aromatic heterocycles. The number of rotatable bonds is 6. The average Bonchev–Trinajstić information content (AvgIpc) is 3.10. The van der Waals surface area contributed by atoms with E-state index in [9.17, 15) is 4.79 Å². The van der Waals surface area contributed by atoms with Gasteiger partial charge in [-0.3, -0.25) is 10.2 Å². The Morgan fingerprint density at radius 2 is 2.17 bits per heavy atom. The summed E-state index contributed by atoms with van der Waals surface area (Å²) in [5, 5.41) is 0. The van der Waals surface area contributed by atoms with Crippen molar-refractivity contribution in [3.8, 4) is 5.88 Å². The van der Waals surface area contributed by atoms with Crippen molar-refractivity contribution in [3.63, 3.8) is 0 Å². The van der Waals surface area contributed by atoms with E-state index in [2.05, 4.69) is 22.8 Å². The number of aromatic nitrogens is 1. The Hall–Kier alpha value is -1.66. The van der Waals surface area contributed by atoms with Crippen LogP contribution in [0.4, 0.5) is 0 Å². The van der Waals surface area contributed by atoms with Crippen molar-refractivity contribution in [1.29, 1.82) is 0 Å². The van der Waals surface area contributed by atoms with E-state index in [-0.39, 0.29) is 11.9 Å². The molecule has 6 heteroatoms. The number of amides is 1. The van der Waals surface area contributed by atoms with Crippen molar-refractivity contribution in [3.05, 3.63) is 24.4 Å². The quantitative estimate of drug-likeness (QED) is 0.830. The van der Waals surface area contributed by atoms with Crippen LogP contribution >= 0.6 is 0 Å². The Bertz CT molecular complexity index is 517. The van der Waals surface area contributed by atoms with Crippen molar-refractivity contribution < 1.29 is 9.53 Å². The molecule has 0 spiro atoms. The van der Waals surface area contributed by atoms with E-state index in [1.807, 2.05) is 23.1 Å². The van der Waals surface area contributed by atoms with Crippen molar-refractivity contribution >= 4 is 5.91 Å². The second kappa shape index (κ2) is 8.44. The molecule has 0 bridgehead atoms. The topological polar surface area (TPSA) is 66.5 Å². The number of pyridine rings is 1. The number of hydrazine groups is 1. The summed E-state index contributed by atoms with van der Waals surface area (Å²) in [5.41, 5.74) is 6.42. The minimum Gasteiger partial charge on any atom is -0.477 e. The molecule has 2 aliphatic heterocycles. The summed E-state index contributed by atoms with van der Waals surface area (Å²) in [6.45, 7) is 4.51. The van der Waals surface area contributed by atoms with Gasteiger partial charge < -0.3 is 9.64 Å². The maximum atomic E-state index is 12.6. The van der Waals surface area contributed by atoms with E-state index in [0.29, 0.717) is 24.4 Å². The fourth-order valence-electron chi connectivity index (χ4n) is 3.50. The first-order valence-electron chi connectivity index (χ1n) is 9.10. The molecule has 2 atom stereocenters.